The molecule has 3 rings (SSSR count). The van der Waals surface area contributed by atoms with Crippen LogP contribution in [0.25, 0.3) is 11.1 Å². The fourth-order valence-corrected chi connectivity index (χ4v) is 2.64. The van der Waals surface area contributed by atoms with E-state index in [1.807, 2.05) is 49.5 Å². The van der Waals surface area contributed by atoms with Crippen molar-refractivity contribution in [2.24, 2.45) is 0 Å². The molecule has 2 aromatic heterocycles. The third-order valence-electron chi connectivity index (χ3n) is 3.92. The molecule has 0 spiro atoms. The molecule has 0 aliphatic heterocycles. The summed E-state index contributed by atoms with van der Waals surface area (Å²) in [4.78, 5) is 20.5. The van der Waals surface area contributed by atoms with Crippen molar-refractivity contribution in [3.8, 4) is 11.1 Å². The van der Waals surface area contributed by atoms with Crippen LogP contribution in [0.15, 0.2) is 61.2 Å². The summed E-state index contributed by atoms with van der Waals surface area (Å²) in [6.07, 6.45) is 8.47. The molecular weight excluding hydrogens is 300 g/mol. The Bertz CT molecular complexity index is 811. The lowest BCUT2D eigenvalue weighted by molar-refractivity contribution is -0.116. The SMILES string of the molecule is Cc1nccn1CCCC(=O)Nc1ccccc1-c1ccncc1. The van der Waals surface area contributed by atoms with E-state index in [1.54, 1.807) is 18.6 Å². The van der Waals surface area contributed by atoms with Gasteiger partial charge >= 0.3 is 0 Å². The van der Waals surface area contributed by atoms with E-state index >= 15 is 0 Å². The zero-order chi connectivity index (χ0) is 16.8. The molecule has 1 aromatic carbocycles. The number of carbonyl (C=O) groups excluding carboxylic acids is 1. The predicted molar refractivity (Wildman–Crippen MR) is 94.5 cm³/mol. The number of amides is 1. The van der Waals surface area contributed by atoms with Crippen molar-refractivity contribution in [1.29, 1.82) is 0 Å². The molecule has 5 nitrogen and oxygen atoms in total. The quantitative estimate of drug-likeness (QED) is 0.754. The van der Waals surface area contributed by atoms with E-state index in [2.05, 4.69) is 19.9 Å². The number of para-hydroxylation sites is 1. The molecule has 5 heteroatoms. The molecule has 24 heavy (non-hydrogen) atoms. The lowest BCUT2D eigenvalue weighted by atomic mass is 10.0. The molecule has 0 bridgehead atoms. The van der Waals surface area contributed by atoms with Crippen molar-refractivity contribution in [3.05, 3.63) is 67.0 Å². The molecule has 1 N–H and O–H groups in total. The Labute approximate surface area is 141 Å². The maximum absolute atomic E-state index is 12.3. The van der Waals surface area contributed by atoms with Gasteiger partial charge in [0.15, 0.2) is 0 Å². The van der Waals surface area contributed by atoms with Crippen molar-refractivity contribution in [3.63, 3.8) is 0 Å². The number of anilines is 1. The highest BCUT2D eigenvalue weighted by atomic mass is 16.1. The first-order valence-electron chi connectivity index (χ1n) is 8.01. The summed E-state index contributed by atoms with van der Waals surface area (Å²) in [6, 6.07) is 11.7. The topological polar surface area (TPSA) is 59.8 Å². The fraction of sp³-hybridized carbons (Fsp3) is 0.211. The molecule has 0 saturated heterocycles. The van der Waals surface area contributed by atoms with Crippen LogP contribution in [0.2, 0.25) is 0 Å². The molecule has 0 aliphatic rings. The molecule has 0 radical (unpaired) electrons. The van der Waals surface area contributed by atoms with Gasteiger partial charge in [-0.2, -0.15) is 0 Å². The van der Waals surface area contributed by atoms with Crippen molar-refractivity contribution in [2.75, 3.05) is 5.32 Å². The number of carbonyl (C=O) groups is 1. The van der Waals surface area contributed by atoms with Gasteiger partial charge in [0.1, 0.15) is 5.82 Å². The number of pyridine rings is 1. The Morgan fingerprint density at radius 1 is 1.12 bits per heavy atom. The number of rotatable bonds is 6. The van der Waals surface area contributed by atoms with Gasteiger partial charge in [0.25, 0.3) is 0 Å². The van der Waals surface area contributed by atoms with Crippen molar-refractivity contribution in [1.82, 2.24) is 14.5 Å². The Morgan fingerprint density at radius 2 is 1.92 bits per heavy atom. The maximum Gasteiger partial charge on any atom is 0.224 e. The van der Waals surface area contributed by atoms with Crippen LogP contribution in [-0.2, 0) is 11.3 Å². The first-order chi connectivity index (χ1) is 11.7. The maximum atomic E-state index is 12.3. The molecule has 0 atom stereocenters. The van der Waals surface area contributed by atoms with E-state index in [9.17, 15) is 4.79 Å². The van der Waals surface area contributed by atoms with Gasteiger partial charge in [0.2, 0.25) is 5.91 Å². The number of benzene rings is 1. The minimum Gasteiger partial charge on any atom is -0.335 e. The first-order valence-corrected chi connectivity index (χ1v) is 8.01. The smallest absolute Gasteiger partial charge is 0.224 e. The predicted octanol–water partition coefficient (Wildman–Crippen LogP) is 3.67. The van der Waals surface area contributed by atoms with Crippen LogP contribution >= 0.6 is 0 Å². The van der Waals surface area contributed by atoms with Gasteiger partial charge in [-0.25, -0.2) is 4.98 Å². The average Bonchev–Trinajstić information content (AvgIpc) is 3.01. The summed E-state index contributed by atoms with van der Waals surface area (Å²) in [6.45, 7) is 2.76. The molecule has 0 aliphatic carbocycles. The third-order valence-corrected chi connectivity index (χ3v) is 3.92. The normalized spacial score (nSPS) is 10.5. The number of hydrogen-bond donors (Lipinski definition) is 1. The minimum absolute atomic E-state index is 0.0225. The van der Waals surface area contributed by atoms with Gasteiger partial charge in [-0.1, -0.05) is 18.2 Å². The second-order valence-electron chi connectivity index (χ2n) is 5.60. The average molecular weight is 320 g/mol. The lowest BCUT2D eigenvalue weighted by Gasteiger charge is -2.11. The molecule has 0 unspecified atom stereocenters. The third kappa shape index (κ3) is 3.87. The van der Waals surface area contributed by atoms with E-state index < -0.39 is 0 Å². The molecule has 3 aromatic rings. The zero-order valence-electron chi connectivity index (χ0n) is 13.6. The highest BCUT2D eigenvalue weighted by Crippen LogP contribution is 2.27. The summed E-state index contributed by atoms with van der Waals surface area (Å²) < 4.78 is 2.05. The van der Waals surface area contributed by atoms with E-state index in [1.165, 1.54) is 0 Å². The van der Waals surface area contributed by atoms with E-state index in [-0.39, 0.29) is 5.91 Å². The van der Waals surface area contributed by atoms with Crippen LogP contribution in [-0.4, -0.2) is 20.4 Å². The van der Waals surface area contributed by atoms with Crippen LogP contribution in [0.4, 0.5) is 5.69 Å². The van der Waals surface area contributed by atoms with Crippen LogP contribution < -0.4 is 5.32 Å². The second kappa shape index (κ2) is 7.55. The number of nitrogens with zero attached hydrogens (tertiary/aromatic N) is 3. The van der Waals surface area contributed by atoms with E-state index in [4.69, 9.17) is 0 Å². The van der Waals surface area contributed by atoms with Gasteiger partial charge in [0.05, 0.1) is 0 Å². The number of imidazole rings is 1. The fourth-order valence-electron chi connectivity index (χ4n) is 2.64. The van der Waals surface area contributed by atoms with Gasteiger partial charge in [-0.05, 0) is 37.1 Å². The highest BCUT2D eigenvalue weighted by Gasteiger charge is 2.08. The first kappa shape index (κ1) is 15.9. The van der Waals surface area contributed by atoms with Crippen LogP contribution in [0, 0.1) is 6.92 Å². The summed E-state index contributed by atoms with van der Waals surface area (Å²) >= 11 is 0. The minimum atomic E-state index is 0.0225. The van der Waals surface area contributed by atoms with Gasteiger partial charge in [0, 0.05) is 49.0 Å². The van der Waals surface area contributed by atoms with Gasteiger partial charge in [-0.3, -0.25) is 9.78 Å². The van der Waals surface area contributed by atoms with Gasteiger partial charge < -0.3 is 9.88 Å². The van der Waals surface area contributed by atoms with E-state index in [0.29, 0.717) is 6.42 Å². The van der Waals surface area contributed by atoms with Crippen molar-refractivity contribution in [2.45, 2.75) is 26.3 Å². The highest BCUT2D eigenvalue weighted by molar-refractivity contribution is 5.95. The largest absolute Gasteiger partial charge is 0.335 e. The summed E-state index contributed by atoms with van der Waals surface area (Å²) in [7, 11) is 0. The monoisotopic (exact) mass is 320 g/mol. The van der Waals surface area contributed by atoms with Crippen LogP contribution in [0.3, 0.4) is 0 Å². The molecule has 0 saturated carbocycles. The number of nitrogens with one attached hydrogen (secondary N) is 1. The molecular formula is C19H20N4O. The summed E-state index contributed by atoms with van der Waals surface area (Å²) in [5.74, 6) is 0.993. The molecule has 122 valence electrons. The number of aryl methyl sites for hydroxylation is 2. The molecule has 1 amide bonds. The Kier molecular flexibility index (Phi) is 5.01. The second-order valence-corrected chi connectivity index (χ2v) is 5.60. The van der Waals surface area contributed by atoms with Crippen LogP contribution in [0.1, 0.15) is 18.7 Å². The Hall–Kier alpha value is -2.95. The Balaban J connectivity index is 1.62. The van der Waals surface area contributed by atoms with Crippen LogP contribution in [0.5, 0.6) is 0 Å². The standard InChI is InChI=1S/C19H20N4O/c1-15-21-12-14-23(15)13-4-7-19(24)22-18-6-3-2-5-17(18)16-8-10-20-11-9-16/h2-3,5-6,8-12,14H,4,7,13H2,1H3,(H,22,24). The van der Waals surface area contributed by atoms with Crippen molar-refractivity contribution < 1.29 is 4.79 Å². The lowest BCUT2D eigenvalue weighted by Crippen LogP contribution is -2.13. The number of hydrogen-bond acceptors (Lipinski definition) is 3. The zero-order valence-corrected chi connectivity index (χ0v) is 13.6. The van der Waals surface area contributed by atoms with E-state index in [0.717, 1.165) is 35.6 Å². The Morgan fingerprint density at radius 3 is 2.67 bits per heavy atom. The number of aromatic nitrogens is 3. The van der Waals surface area contributed by atoms with Crippen molar-refractivity contribution >= 4 is 11.6 Å². The molecule has 2 heterocycles. The summed E-state index contributed by atoms with van der Waals surface area (Å²) in [5.41, 5.74) is 2.86. The van der Waals surface area contributed by atoms with Gasteiger partial charge in [-0.15, -0.1) is 0 Å². The molecule has 0 fully saturated rings. The summed E-state index contributed by atoms with van der Waals surface area (Å²) in [5, 5.41) is 3.02.